The van der Waals surface area contributed by atoms with Gasteiger partial charge >= 0.3 is 11.9 Å². The van der Waals surface area contributed by atoms with Gasteiger partial charge in [0.2, 0.25) is 0 Å². The molecule has 2 unspecified atom stereocenters. The fraction of sp³-hybridized carbons (Fsp3) is 0.318. The van der Waals surface area contributed by atoms with Crippen molar-refractivity contribution in [2.45, 2.75) is 30.8 Å². The van der Waals surface area contributed by atoms with Crippen molar-refractivity contribution < 1.29 is 37.4 Å². The van der Waals surface area contributed by atoms with E-state index in [-0.39, 0.29) is 27.5 Å². The highest BCUT2D eigenvalue weighted by Crippen LogP contribution is 2.40. The molecular formula is C22H19F4N3O4S. The molecule has 0 bridgehead atoms. The lowest BCUT2D eigenvalue weighted by molar-refractivity contribution is -0.142. The van der Waals surface area contributed by atoms with Gasteiger partial charge in [-0.3, -0.25) is 14.7 Å². The van der Waals surface area contributed by atoms with Crippen LogP contribution in [-0.4, -0.2) is 57.9 Å². The summed E-state index contributed by atoms with van der Waals surface area (Å²) in [6, 6.07) is 4.54. The van der Waals surface area contributed by atoms with Gasteiger partial charge in [-0.05, 0) is 36.1 Å². The number of alkyl halides is 2. The van der Waals surface area contributed by atoms with E-state index in [1.54, 1.807) is 0 Å². The predicted molar refractivity (Wildman–Crippen MR) is 115 cm³/mol. The number of carboxylic acid groups (broad SMARTS) is 2. The van der Waals surface area contributed by atoms with E-state index in [0.717, 1.165) is 28.4 Å². The van der Waals surface area contributed by atoms with E-state index in [1.807, 2.05) is 0 Å². The molecule has 3 heterocycles. The number of hydrogen-bond acceptors (Lipinski definition) is 6. The Bertz CT molecular complexity index is 1210. The number of carboxylic acids is 2. The largest absolute Gasteiger partial charge is 0.480 e. The predicted octanol–water partition coefficient (Wildman–Crippen LogP) is 3.42. The molecule has 4 rings (SSSR count). The maximum atomic E-state index is 14.4. The molecule has 1 fully saturated rings. The van der Waals surface area contributed by atoms with E-state index in [0.29, 0.717) is 0 Å². The summed E-state index contributed by atoms with van der Waals surface area (Å²) in [4.78, 5) is 29.5. The van der Waals surface area contributed by atoms with Gasteiger partial charge in [0.05, 0.1) is 12.1 Å². The van der Waals surface area contributed by atoms with E-state index in [4.69, 9.17) is 0 Å². The number of benzene rings is 1. The summed E-state index contributed by atoms with van der Waals surface area (Å²) >= 11 is 0.988. The van der Waals surface area contributed by atoms with Crippen molar-refractivity contribution in [1.82, 2.24) is 10.2 Å². The second-order valence-electron chi connectivity index (χ2n) is 8.24. The van der Waals surface area contributed by atoms with Crippen LogP contribution in [0.1, 0.15) is 23.8 Å². The van der Waals surface area contributed by atoms with Crippen LogP contribution in [0.4, 0.5) is 17.6 Å². The molecule has 7 nitrogen and oxygen atoms in total. The Morgan fingerprint density at radius 1 is 1.21 bits per heavy atom. The lowest BCUT2D eigenvalue weighted by Crippen LogP contribution is -2.46. The topological polar surface area (TPSA) is 102 Å². The number of carbonyl (C=O) groups is 2. The molecule has 34 heavy (non-hydrogen) atoms. The molecule has 2 aliphatic rings. The number of rotatable bonds is 6. The average molecular weight is 497 g/mol. The number of halogens is 4. The van der Waals surface area contributed by atoms with Crippen LogP contribution in [0.15, 0.2) is 52.0 Å². The highest BCUT2D eigenvalue weighted by molar-refractivity contribution is 7.12. The Hall–Kier alpha value is -3.25. The molecule has 1 saturated heterocycles. The van der Waals surface area contributed by atoms with Gasteiger partial charge in [-0.15, -0.1) is 11.3 Å². The van der Waals surface area contributed by atoms with Crippen LogP contribution in [0.2, 0.25) is 0 Å². The van der Waals surface area contributed by atoms with Crippen molar-refractivity contribution in [1.29, 1.82) is 0 Å². The molecule has 0 amide bonds. The SMILES string of the molecule is CC1(c2ccc(F)cc2)N=C(c2sccc2F)NC(CN2CC(F)(F)CC2C(=O)O)=C1C(=O)O. The first-order valence-corrected chi connectivity index (χ1v) is 11.0. The summed E-state index contributed by atoms with van der Waals surface area (Å²) in [5.41, 5.74) is -1.85. The monoisotopic (exact) mass is 497 g/mol. The maximum absolute atomic E-state index is 14.4. The number of hydrogen-bond donors (Lipinski definition) is 3. The molecule has 3 N–H and O–H groups in total. The first-order valence-electron chi connectivity index (χ1n) is 10.1. The van der Waals surface area contributed by atoms with Gasteiger partial charge in [0.25, 0.3) is 5.92 Å². The van der Waals surface area contributed by atoms with Crippen LogP contribution in [-0.2, 0) is 15.1 Å². The highest BCUT2D eigenvalue weighted by atomic mass is 32.1. The molecule has 0 aliphatic carbocycles. The van der Waals surface area contributed by atoms with Crippen molar-refractivity contribution in [3.8, 4) is 0 Å². The van der Waals surface area contributed by atoms with Gasteiger partial charge < -0.3 is 15.5 Å². The van der Waals surface area contributed by atoms with Crippen LogP contribution in [0.5, 0.6) is 0 Å². The zero-order valence-corrected chi connectivity index (χ0v) is 18.5. The molecule has 2 aliphatic heterocycles. The van der Waals surface area contributed by atoms with Crippen molar-refractivity contribution >= 4 is 29.1 Å². The maximum Gasteiger partial charge on any atom is 0.336 e. The lowest BCUT2D eigenvalue weighted by atomic mass is 9.82. The van der Waals surface area contributed by atoms with Gasteiger partial charge in [0, 0.05) is 18.7 Å². The van der Waals surface area contributed by atoms with E-state index in [2.05, 4.69) is 10.3 Å². The van der Waals surface area contributed by atoms with Gasteiger partial charge in [-0.1, -0.05) is 12.1 Å². The van der Waals surface area contributed by atoms with Gasteiger partial charge in [0.1, 0.15) is 33.9 Å². The summed E-state index contributed by atoms with van der Waals surface area (Å²) in [7, 11) is 0. The fourth-order valence-electron chi connectivity index (χ4n) is 4.31. The summed E-state index contributed by atoms with van der Waals surface area (Å²) in [5, 5.41) is 23.7. The third-order valence-corrected chi connectivity index (χ3v) is 6.76. The summed E-state index contributed by atoms with van der Waals surface area (Å²) in [6.45, 7) is 0.0510. The minimum absolute atomic E-state index is 0.0443. The third kappa shape index (κ3) is 4.30. The first-order chi connectivity index (χ1) is 15.9. The van der Waals surface area contributed by atoms with Crippen molar-refractivity contribution in [3.05, 3.63) is 69.1 Å². The zero-order valence-electron chi connectivity index (χ0n) is 17.7. The molecule has 12 heteroatoms. The van der Waals surface area contributed by atoms with Crippen molar-refractivity contribution in [2.75, 3.05) is 13.1 Å². The second-order valence-corrected chi connectivity index (χ2v) is 9.16. The number of thiophene rings is 1. The number of likely N-dealkylation sites (tertiary alicyclic amines) is 1. The van der Waals surface area contributed by atoms with Crippen molar-refractivity contribution in [3.63, 3.8) is 0 Å². The third-order valence-electron chi connectivity index (χ3n) is 5.86. The van der Waals surface area contributed by atoms with E-state index in [9.17, 15) is 37.4 Å². The number of aliphatic carboxylic acids is 2. The van der Waals surface area contributed by atoms with Crippen LogP contribution in [0.25, 0.3) is 0 Å². The number of nitrogens with zero attached hydrogens (tertiary/aromatic N) is 2. The molecule has 2 aromatic rings. The standard InChI is InChI=1S/C22H19F4N3O4S/c1-21(11-2-4-12(23)5-3-11)16(20(32)33)14(27-18(28-21)17-13(24)6-7-34-17)9-29-10-22(25,26)8-15(29)19(30)31/h2-7,15H,8-10H2,1H3,(H,27,28)(H,30,31)(H,32,33). The lowest BCUT2D eigenvalue weighted by Gasteiger charge is -2.36. The quantitative estimate of drug-likeness (QED) is 0.529. The van der Waals surface area contributed by atoms with Gasteiger partial charge in [0.15, 0.2) is 0 Å². The molecule has 0 radical (unpaired) electrons. The smallest absolute Gasteiger partial charge is 0.336 e. The minimum atomic E-state index is -3.28. The summed E-state index contributed by atoms with van der Waals surface area (Å²) < 4.78 is 56.1. The fourth-order valence-corrected chi connectivity index (χ4v) is 5.03. The minimum Gasteiger partial charge on any atom is -0.480 e. The molecule has 1 aromatic carbocycles. The van der Waals surface area contributed by atoms with Gasteiger partial charge in [-0.25, -0.2) is 22.4 Å². The van der Waals surface area contributed by atoms with E-state index >= 15 is 0 Å². The Labute approximate surface area is 195 Å². The Morgan fingerprint density at radius 3 is 2.44 bits per heavy atom. The van der Waals surface area contributed by atoms with E-state index < -0.39 is 60.6 Å². The Balaban J connectivity index is 1.86. The normalized spacial score (nSPS) is 24.6. The zero-order chi connectivity index (χ0) is 24.8. The van der Waals surface area contributed by atoms with Crippen LogP contribution in [0, 0.1) is 11.6 Å². The number of aliphatic imine (C=N–C) groups is 1. The summed E-state index contributed by atoms with van der Waals surface area (Å²) in [5.74, 6) is -7.44. The molecule has 2 atom stereocenters. The Morgan fingerprint density at radius 2 is 1.88 bits per heavy atom. The molecule has 1 aromatic heterocycles. The second kappa shape index (κ2) is 8.51. The first kappa shape index (κ1) is 23.9. The average Bonchev–Trinajstić information content (AvgIpc) is 3.29. The molecule has 0 saturated carbocycles. The van der Waals surface area contributed by atoms with Crippen molar-refractivity contribution in [2.24, 2.45) is 4.99 Å². The highest BCUT2D eigenvalue weighted by Gasteiger charge is 2.50. The number of nitrogens with one attached hydrogen (secondary N) is 1. The Kier molecular flexibility index (Phi) is 5.98. The number of amidine groups is 1. The molecule has 0 spiro atoms. The van der Waals surface area contributed by atoms with Crippen LogP contribution in [0.3, 0.4) is 0 Å². The van der Waals surface area contributed by atoms with E-state index in [1.165, 1.54) is 30.5 Å². The summed E-state index contributed by atoms with van der Waals surface area (Å²) in [6.07, 6.45) is -0.923. The van der Waals surface area contributed by atoms with Crippen LogP contribution >= 0.6 is 11.3 Å². The van der Waals surface area contributed by atoms with Crippen LogP contribution < -0.4 is 5.32 Å². The molecule has 180 valence electrons. The van der Waals surface area contributed by atoms with Gasteiger partial charge in [-0.2, -0.15) is 0 Å². The molecular weight excluding hydrogens is 478 g/mol.